The van der Waals surface area contributed by atoms with Crippen molar-refractivity contribution in [3.63, 3.8) is 0 Å². The van der Waals surface area contributed by atoms with Crippen molar-refractivity contribution in [2.24, 2.45) is 15.4 Å². The van der Waals surface area contributed by atoms with Gasteiger partial charge in [-0.25, -0.2) is 4.79 Å². The Morgan fingerprint density at radius 1 is 1.16 bits per heavy atom. The molecule has 0 aromatic heterocycles. The van der Waals surface area contributed by atoms with Crippen LogP contribution in [0.2, 0.25) is 0 Å². The molecule has 0 saturated carbocycles. The zero-order chi connectivity index (χ0) is 31.5. The number of aliphatic carboxylic acids is 1. The molecule has 0 radical (unpaired) electrons. The van der Waals surface area contributed by atoms with Gasteiger partial charge in [0.1, 0.15) is 16.9 Å². The second kappa shape index (κ2) is 14.0. The van der Waals surface area contributed by atoms with Crippen molar-refractivity contribution >= 4 is 63.3 Å². The number of unbranched alkanes of at least 4 members (excludes halogenated alkanes) is 2. The number of likely N-dealkylation sites (N-methyl/N-ethyl adjacent to an activating group) is 1. The van der Waals surface area contributed by atoms with Crippen LogP contribution < -0.4 is 4.74 Å². The molecular formula is C31H43N3O6S3. The molecule has 1 saturated heterocycles. The van der Waals surface area contributed by atoms with E-state index in [-0.39, 0.29) is 29.4 Å². The van der Waals surface area contributed by atoms with Gasteiger partial charge in [0.05, 0.1) is 33.5 Å². The minimum atomic E-state index is -1.19. The maximum absolute atomic E-state index is 12.3. The van der Waals surface area contributed by atoms with Gasteiger partial charge >= 0.3 is 17.9 Å². The van der Waals surface area contributed by atoms with Crippen LogP contribution >= 0.6 is 35.3 Å². The number of carboxylic acids is 1. The first kappa shape index (κ1) is 33.9. The lowest BCUT2D eigenvalue weighted by Gasteiger charge is -2.40. The summed E-state index contributed by atoms with van der Waals surface area (Å²) in [5.41, 5.74) is 0.179. The summed E-state index contributed by atoms with van der Waals surface area (Å²) in [5, 5.41) is 11.4. The molecule has 1 fully saturated rings. The van der Waals surface area contributed by atoms with E-state index < -0.39 is 23.0 Å². The topological polar surface area (TPSA) is 118 Å². The van der Waals surface area contributed by atoms with Gasteiger partial charge < -0.3 is 14.6 Å². The van der Waals surface area contributed by atoms with Crippen molar-refractivity contribution in [3.8, 4) is 5.75 Å². The zero-order valence-corrected chi connectivity index (χ0v) is 28.5. The molecule has 12 heteroatoms. The molecule has 0 unspecified atom stereocenters. The minimum absolute atomic E-state index is 0.0107. The van der Waals surface area contributed by atoms with E-state index in [2.05, 4.69) is 22.9 Å². The SMILES string of the molecule is CCCCCc1cccc(OC(C)=O)c1C1=N[C@@H]([C@H]2SC[C@@H]([C@@H](OC(C)=O)C(C)(C)C3=N[C@@](C)(C(=O)O)CS3)N2C)CS1. The quantitative estimate of drug-likeness (QED) is 0.176. The summed E-state index contributed by atoms with van der Waals surface area (Å²) in [6.07, 6.45) is 3.68. The Bertz CT molecular complexity index is 1300. The third kappa shape index (κ3) is 7.45. The van der Waals surface area contributed by atoms with Gasteiger partial charge in [-0.1, -0.05) is 45.7 Å². The first-order chi connectivity index (χ1) is 20.3. The molecule has 0 aliphatic carbocycles. The molecule has 3 heterocycles. The molecule has 0 amide bonds. The van der Waals surface area contributed by atoms with E-state index in [4.69, 9.17) is 14.5 Å². The Hall–Kier alpha value is -2.02. The number of benzene rings is 1. The van der Waals surface area contributed by atoms with Crippen LogP contribution in [0, 0.1) is 5.41 Å². The van der Waals surface area contributed by atoms with E-state index in [0.717, 1.165) is 53.4 Å². The minimum Gasteiger partial charge on any atom is -0.479 e. The molecule has 4 rings (SSSR count). The average molecular weight is 650 g/mol. The highest BCUT2D eigenvalue weighted by Crippen LogP contribution is 2.45. The molecule has 236 valence electrons. The van der Waals surface area contributed by atoms with E-state index in [9.17, 15) is 19.5 Å². The van der Waals surface area contributed by atoms with Gasteiger partial charge in [-0.3, -0.25) is 24.5 Å². The molecule has 1 N–H and O–H groups in total. The fraction of sp³-hybridized carbons (Fsp3) is 0.645. The Morgan fingerprint density at radius 3 is 2.53 bits per heavy atom. The van der Waals surface area contributed by atoms with Gasteiger partial charge in [0.25, 0.3) is 0 Å². The standard InChI is InChI=1S/C31H43N3O6S3/c1-8-9-10-12-20-13-11-14-23(39-18(2)35)24(20)26-32-21(15-41-26)27-34(7)22(16-42-27)25(40-19(3)36)30(4,5)28-33-31(6,17-43-28)29(37)38/h11,13-14,21-22,25,27H,8-10,12,15-17H2,1-7H3,(H,37,38)/t21-,22+,25-,27-,31-/m1/s1. The highest BCUT2D eigenvalue weighted by molar-refractivity contribution is 8.15. The fourth-order valence-corrected chi connectivity index (χ4v) is 9.98. The summed E-state index contributed by atoms with van der Waals surface area (Å²) in [4.78, 5) is 48.2. The third-order valence-corrected chi connectivity index (χ3v) is 12.4. The Kier molecular flexibility index (Phi) is 11.0. The number of hydrogen-bond donors (Lipinski definition) is 1. The summed E-state index contributed by atoms with van der Waals surface area (Å²) in [7, 11) is 2.05. The summed E-state index contributed by atoms with van der Waals surface area (Å²) in [5.74, 6) is 0.729. The number of nitrogens with zero attached hydrogens (tertiary/aromatic N) is 3. The Labute approximate surface area is 267 Å². The number of rotatable bonds is 12. The van der Waals surface area contributed by atoms with Crippen LogP contribution in [0.4, 0.5) is 0 Å². The van der Waals surface area contributed by atoms with Crippen LogP contribution in [0.1, 0.15) is 71.9 Å². The molecule has 0 spiro atoms. The number of carbonyl (C=O) groups excluding carboxylic acids is 2. The Morgan fingerprint density at radius 2 is 1.91 bits per heavy atom. The number of carbonyl (C=O) groups is 3. The zero-order valence-electron chi connectivity index (χ0n) is 26.0. The smallest absolute Gasteiger partial charge is 0.332 e. The van der Waals surface area contributed by atoms with E-state index in [1.807, 2.05) is 33.0 Å². The summed E-state index contributed by atoms with van der Waals surface area (Å²) in [6, 6.07) is 5.76. The van der Waals surface area contributed by atoms with Crippen molar-refractivity contribution in [2.75, 3.05) is 24.3 Å². The number of thioether (sulfide) groups is 3. The molecule has 1 aromatic rings. The molecule has 43 heavy (non-hydrogen) atoms. The number of ether oxygens (including phenoxy) is 2. The lowest BCUT2D eigenvalue weighted by atomic mass is 9.82. The molecule has 9 nitrogen and oxygen atoms in total. The van der Waals surface area contributed by atoms with Crippen molar-refractivity contribution in [1.82, 2.24) is 4.90 Å². The number of aryl methyl sites for hydroxylation is 1. The van der Waals surface area contributed by atoms with E-state index >= 15 is 0 Å². The predicted molar refractivity (Wildman–Crippen MR) is 177 cm³/mol. The molecule has 5 atom stereocenters. The van der Waals surface area contributed by atoms with Gasteiger partial charge in [0, 0.05) is 31.1 Å². The van der Waals surface area contributed by atoms with E-state index in [1.165, 1.54) is 25.6 Å². The lowest BCUT2D eigenvalue weighted by molar-refractivity contribution is -0.154. The average Bonchev–Trinajstić information content (AvgIpc) is 3.66. The maximum Gasteiger partial charge on any atom is 0.332 e. The van der Waals surface area contributed by atoms with E-state index in [0.29, 0.717) is 16.5 Å². The van der Waals surface area contributed by atoms with Gasteiger partial charge in [0.15, 0.2) is 5.54 Å². The maximum atomic E-state index is 12.3. The van der Waals surface area contributed by atoms with Gasteiger partial charge in [-0.2, -0.15) is 0 Å². The monoisotopic (exact) mass is 649 g/mol. The molecule has 0 bridgehead atoms. The Balaban J connectivity index is 1.60. The van der Waals surface area contributed by atoms with Crippen LogP contribution in [0.5, 0.6) is 5.75 Å². The number of carboxylic acid groups (broad SMARTS) is 1. The summed E-state index contributed by atoms with van der Waals surface area (Å²) in [6.45, 7) is 10.6. The second-order valence-electron chi connectivity index (χ2n) is 12.1. The van der Waals surface area contributed by atoms with Crippen molar-refractivity contribution in [1.29, 1.82) is 0 Å². The van der Waals surface area contributed by atoms with Crippen LogP contribution in [-0.4, -0.2) is 91.4 Å². The van der Waals surface area contributed by atoms with Gasteiger partial charge in [0.2, 0.25) is 0 Å². The summed E-state index contributed by atoms with van der Waals surface area (Å²) < 4.78 is 11.6. The van der Waals surface area contributed by atoms with Crippen molar-refractivity contribution in [3.05, 3.63) is 29.3 Å². The highest BCUT2D eigenvalue weighted by Gasteiger charge is 2.52. The normalized spacial score (nSPS) is 26.6. The lowest BCUT2D eigenvalue weighted by Crippen LogP contribution is -2.53. The second-order valence-corrected chi connectivity index (χ2v) is 15.3. The van der Waals surface area contributed by atoms with E-state index in [1.54, 1.807) is 30.4 Å². The largest absolute Gasteiger partial charge is 0.479 e. The van der Waals surface area contributed by atoms with Gasteiger partial charge in [-0.05, 0) is 38.4 Å². The number of aliphatic imine (C=N–C) groups is 2. The molecule has 3 aliphatic rings. The van der Waals surface area contributed by atoms with Crippen LogP contribution in [0.25, 0.3) is 0 Å². The van der Waals surface area contributed by atoms with Crippen molar-refractivity contribution < 1.29 is 29.0 Å². The summed E-state index contributed by atoms with van der Waals surface area (Å²) >= 11 is 4.92. The molecular weight excluding hydrogens is 607 g/mol. The van der Waals surface area contributed by atoms with Crippen LogP contribution in [0.15, 0.2) is 28.2 Å². The van der Waals surface area contributed by atoms with Gasteiger partial charge in [-0.15, -0.1) is 35.3 Å². The van der Waals surface area contributed by atoms with Crippen LogP contribution in [0.3, 0.4) is 0 Å². The number of esters is 2. The molecule has 3 aliphatic heterocycles. The first-order valence-electron chi connectivity index (χ1n) is 14.8. The fourth-order valence-electron chi connectivity index (χ4n) is 5.75. The highest BCUT2D eigenvalue weighted by atomic mass is 32.2. The third-order valence-electron chi connectivity index (χ3n) is 8.20. The number of hydrogen-bond acceptors (Lipinski definition) is 11. The first-order valence-corrected chi connectivity index (χ1v) is 17.8. The van der Waals surface area contributed by atoms with Crippen LogP contribution in [-0.2, 0) is 25.5 Å². The predicted octanol–water partition coefficient (Wildman–Crippen LogP) is 5.53. The molecule has 1 aromatic carbocycles. The van der Waals surface area contributed by atoms with Crippen molar-refractivity contribution in [2.45, 2.75) is 96.3 Å².